The number of aromatic nitrogens is 1. The molecule has 0 atom stereocenters. The van der Waals surface area contributed by atoms with Crippen molar-refractivity contribution in [3.63, 3.8) is 0 Å². The molecule has 0 radical (unpaired) electrons. The minimum atomic E-state index is -4.14. The highest BCUT2D eigenvalue weighted by atomic mass is 32.2. The quantitative estimate of drug-likeness (QED) is 0.513. The van der Waals surface area contributed by atoms with Crippen LogP contribution in [0, 0.1) is 17.1 Å². The fourth-order valence-corrected chi connectivity index (χ4v) is 3.18. The molecule has 1 amide bonds. The average molecular weight is 406 g/mol. The summed E-state index contributed by atoms with van der Waals surface area (Å²) in [6.45, 7) is 3.74. The van der Waals surface area contributed by atoms with Crippen LogP contribution < -0.4 is 15.2 Å². The topological polar surface area (TPSA) is 127 Å². The number of allylic oxidation sites excluding steroid dienone is 1. The average Bonchev–Trinajstić information content (AvgIpc) is 2.97. The lowest BCUT2D eigenvalue weighted by molar-refractivity contribution is 0.101. The number of nitrogens with zero attached hydrogens (tertiary/aromatic N) is 2. The molecule has 1 aromatic carbocycles. The Balaban J connectivity index is 2.40. The highest BCUT2D eigenvalue weighted by Gasteiger charge is 2.27. The number of aryl methyl sites for hydroxylation is 1. The van der Waals surface area contributed by atoms with E-state index in [0.29, 0.717) is 12.8 Å². The summed E-state index contributed by atoms with van der Waals surface area (Å²) in [5, 5.41) is 16.6. The van der Waals surface area contributed by atoms with Gasteiger partial charge in [0.1, 0.15) is 16.8 Å². The van der Waals surface area contributed by atoms with Crippen molar-refractivity contribution >= 4 is 21.6 Å². The van der Waals surface area contributed by atoms with Crippen molar-refractivity contribution in [2.24, 2.45) is 12.2 Å². The van der Waals surface area contributed by atoms with E-state index in [4.69, 9.17) is 15.1 Å². The van der Waals surface area contributed by atoms with Gasteiger partial charge >= 0.3 is 0 Å². The number of hydrogen-bond acceptors (Lipinski definition) is 5. The Morgan fingerprint density at radius 3 is 2.82 bits per heavy atom. The van der Waals surface area contributed by atoms with Gasteiger partial charge in [-0.25, -0.2) is 17.9 Å². The van der Waals surface area contributed by atoms with Gasteiger partial charge in [-0.15, -0.1) is 6.58 Å². The number of benzene rings is 1. The second kappa shape index (κ2) is 8.69. The highest BCUT2D eigenvalue weighted by Crippen LogP contribution is 2.30. The summed E-state index contributed by atoms with van der Waals surface area (Å²) in [6, 6.07) is 5.17. The zero-order chi connectivity index (χ0) is 20.9. The molecule has 1 heterocycles. The van der Waals surface area contributed by atoms with E-state index in [0.717, 1.165) is 6.07 Å². The van der Waals surface area contributed by atoms with Gasteiger partial charge in [-0.05, 0) is 31.0 Å². The number of hydrogen-bond donors (Lipinski definition) is 2. The van der Waals surface area contributed by atoms with Crippen molar-refractivity contribution in [1.29, 1.82) is 5.26 Å². The van der Waals surface area contributed by atoms with Gasteiger partial charge in [-0.1, -0.05) is 6.08 Å². The van der Waals surface area contributed by atoms with Crippen molar-refractivity contribution < 1.29 is 22.3 Å². The molecule has 8 nitrogen and oxygen atoms in total. The Kier molecular flexibility index (Phi) is 6.56. The molecule has 0 fully saturated rings. The molecule has 2 aromatic rings. The van der Waals surface area contributed by atoms with Gasteiger partial charge < -0.3 is 14.6 Å². The van der Waals surface area contributed by atoms with Crippen LogP contribution >= 0.6 is 0 Å². The summed E-state index contributed by atoms with van der Waals surface area (Å²) in [5.74, 6) is -1.59. The first-order valence-electron chi connectivity index (χ1n) is 8.15. The molecular weight excluding hydrogens is 387 g/mol. The summed E-state index contributed by atoms with van der Waals surface area (Å²) >= 11 is 0. The number of nitrogens with two attached hydrogens (primary N) is 1. The SMILES string of the molecule is C=CCCCOc1c(S(N)(=O)=O)cn(C)c1C(=O)Nc1ccc(F)c(C#N)c1. The van der Waals surface area contributed by atoms with Crippen molar-refractivity contribution in [2.45, 2.75) is 17.7 Å². The summed E-state index contributed by atoms with van der Waals surface area (Å²) in [6.07, 6.45) is 4.07. The third-order valence-electron chi connectivity index (χ3n) is 3.77. The van der Waals surface area contributed by atoms with Crippen LogP contribution in [0.2, 0.25) is 0 Å². The number of primary sulfonamides is 1. The van der Waals surface area contributed by atoms with Gasteiger partial charge in [0.15, 0.2) is 11.4 Å². The minimum absolute atomic E-state index is 0.0783. The number of nitriles is 1. The molecule has 0 unspecified atom stereocenters. The first kappa shape index (κ1) is 21.1. The van der Waals surface area contributed by atoms with Crippen molar-refractivity contribution in [3.8, 4) is 11.8 Å². The van der Waals surface area contributed by atoms with E-state index in [2.05, 4.69) is 11.9 Å². The molecule has 0 aliphatic rings. The Bertz CT molecular complexity index is 1050. The minimum Gasteiger partial charge on any atom is -0.490 e. The number of amides is 1. The fraction of sp³-hybridized carbons (Fsp3) is 0.222. The summed E-state index contributed by atoms with van der Waals surface area (Å²) in [7, 11) is -2.68. The lowest BCUT2D eigenvalue weighted by Crippen LogP contribution is -2.18. The molecule has 0 spiro atoms. The Hall–Kier alpha value is -3.16. The van der Waals surface area contributed by atoms with E-state index in [-0.39, 0.29) is 34.2 Å². The molecule has 0 saturated heterocycles. The molecule has 10 heteroatoms. The molecule has 3 N–H and O–H groups in total. The summed E-state index contributed by atoms with van der Waals surface area (Å²) in [4.78, 5) is 12.4. The van der Waals surface area contributed by atoms with Gasteiger partial charge in [0, 0.05) is 18.9 Å². The molecular formula is C18H19FN4O4S. The third kappa shape index (κ3) is 4.76. The largest absolute Gasteiger partial charge is 0.490 e. The maximum absolute atomic E-state index is 13.4. The number of ether oxygens (including phenoxy) is 1. The van der Waals surface area contributed by atoms with Crippen molar-refractivity contribution in [3.05, 3.63) is 54.1 Å². The Labute approximate surface area is 162 Å². The number of unbranched alkanes of at least 4 members (excludes halogenated alkanes) is 1. The molecule has 0 bridgehead atoms. The molecule has 148 valence electrons. The third-order valence-corrected chi connectivity index (χ3v) is 4.67. The standard InChI is InChI=1S/C18H19FN4O4S/c1-3-4-5-8-27-17-15(28(21,25)26)11-23(2)16(17)18(24)22-13-6-7-14(19)12(9-13)10-20/h3,6-7,9,11H,1,4-5,8H2,2H3,(H,22,24)(H2,21,25,26). The van der Waals surface area contributed by atoms with E-state index in [1.165, 1.54) is 29.9 Å². The fourth-order valence-electron chi connectivity index (χ4n) is 2.46. The van der Waals surface area contributed by atoms with Crippen molar-refractivity contribution in [1.82, 2.24) is 4.57 Å². The predicted octanol–water partition coefficient (Wildman–Crippen LogP) is 2.28. The molecule has 28 heavy (non-hydrogen) atoms. The number of carbonyl (C=O) groups is 1. The lowest BCUT2D eigenvalue weighted by atomic mass is 10.2. The zero-order valence-corrected chi connectivity index (χ0v) is 15.9. The number of halogens is 1. The monoisotopic (exact) mass is 406 g/mol. The number of anilines is 1. The van der Waals surface area contributed by atoms with Crippen LogP contribution in [0.25, 0.3) is 0 Å². The Morgan fingerprint density at radius 1 is 1.50 bits per heavy atom. The predicted molar refractivity (Wildman–Crippen MR) is 101 cm³/mol. The first-order chi connectivity index (χ1) is 13.2. The van der Waals surface area contributed by atoms with Crippen LogP contribution in [0.5, 0.6) is 5.75 Å². The van der Waals surface area contributed by atoms with Gasteiger partial charge in [-0.2, -0.15) is 5.26 Å². The van der Waals surface area contributed by atoms with E-state index < -0.39 is 21.7 Å². The van der Waals surface area contributed by atoms with Crippen molar-refractivity contribution in [2.75, 3.05) is 11.9 Å². The van der Waals surface area contributed by atoms with Crippen LogP contribution in [0.3, 0.4) is 0 Å². The van der Waals surface area contributed by atoms with Gasteiger partial charge in [0.05, 0.1) is 12.2 Å². The second-order valence-corrected chi connectivity index (χ2v) is 7.40. The van der Waals surface area contributed by atoms with E-state index in [9.17, 15) is 17.6 Å². The number of carbonyl (C=O) groups excluding carboxylic acids is 1. The zero-order valence-electron chi connectivity index (χ0n) is 15.1. The molecule has 0 aliphatic carbocycles. The van der Waals surface area contributed by atoms with Gasteiger partial charge in [0.2, 0.25) is 10.0 Å². The lowest BCUT2D eigenvalue weighted by Gasteiger charge is -2.11. The number of sulfonamides is 1. The van der Waals surface area contributed by atoms with E-state index >= 15 is 0 Å². The summed E-state index contributed by atoms with van der Waals surface area (Å²) < 4.78 is 44.0. The van der Waals surface area contributed by atoms with Crippen LogP contribution in [0.15, 0.2) is 41.9 Å². The Morgan fingerprint density at radius 2 is 2.21 bits per heavy atom. The smallest absolute Gasteiger partial charge is 0.276 e. The molecule has 0 saturated carbocycles. The molecule has 1 aromatic heterocycles. The van der Waals surface area contributed by atoms with Crippen LogP contribution in [-0.4, -0.2) is 25.5 Å². The van der Waals surface area contributed by atoms with Gasteiger partial charge in [0.25, 0.3) is 5.91 Å². The molecule has 2 rings (SSSR count). The van der Waals surface area contributed by atoms with Crippen LogP contribution in [0.1, 0.15) is 28.9 Å². The normalized spacial score (nSPS) is 10.9. The van der Waals surface area contributed by atoms with Crippen LogP contribution in [0.4, 0.5) is 10.1 Å². The molecule has 0 aliphatic heterocycles. The summed E-state index contributed by atoms with van der Waals surface area (Å²) in [5.41, 5.74) is -0.153. The second-order valence-electron chi connectivity index (χ2n) is 5.87. The van der Waals surface area contributed by atoms with E-state index in [1.807, 2.05) is 0 Å². The maximum atomic E-state index is 13.4. The van der Waals surface area contributed by atoms with Crippen LogP contribution in [-0.2, 0) is 17.1 Å². The number of rotatable bonds is 8. The highest BCUT2D eigenvalue weighted by molar-refractivity contribution is 7.89. The maximum Gasteiger partial charge on any atom is 0.276 e. The van der Waals surface area contributed by atoms with E-state index in [1.54, 1.807) is 12.1 Å². The number of nitrogens with one attached hydrogen (secondary N) is 1. The first-order valence-corrected chi connectivity index (χ1v) is 9.70. The van der Waals surface area contributed by atoms with Gasteiger partial charge in [-0.3, -0.25) is 4.79 Å².